The summed E-state index contributed by atoms with van der Waals surface area (Å²) < 4.78 is 11.7. The highest BCUT2D eigenvalue weighted by Crippen LogP contribution is 2.75. The third-order valence-corrected chi connectivity index (χ3v) is 15.5. The fourth-order valence-electron chi connectivity index (χ4n) is 12.3. The van der Waals surface area contributed by atoms with Gasteiger partial charge in [0.15, 0.2) is 6.29 Å². The van der Waals surface area contributed by atoms with E-state index in [1.54, 1.807) is 0 Å². The smallest absolute Gasteiger partial charge is 0.310 e. The number of carboxylic acid groups (broad SMARTS) is 1. The van der Waals surface area contributed by atoms with Crippen molar-refractivity contribution < 1.29 is 55.1 Å². The standard InChI is InChI=1S/C36H58O11/c1-31(18-46-29-27(42)26(41)25(40)22(16-37)47-29)10-12-36(30(44)45)13-11-34(4)19(20(36)14-31)6-7-24-32(2)15-21(39)28(43)33(3,17-38)23(32)8-9-35(24,34)5/h6,20-29,37-43H,7-18H2,1-5H3,(H,44,45). The van der Waals surface area contributed by atoms with E-state index in [9.17, 15) is 45.6 Å². The van der Waals surface area contributed by atoms with Crippen molar-refractivity contribution in [1.82, 2.24) is 0 Å². The van der Waals surface area contributed by atoms with Crippen LogP contribution in [0.3, 0.4) is 0 Å². The van der Waals surface area contributed by atoms with Gasteiger partial charge in [-0.1, -0.05) is 46.3 Å². The molecule has 5 aliphatic carbocycles. The van der Waals surface area contributed by atoms with Gasteiger partial charge in [-0.2, -0.15) is 0 Å². The molecule has 5 fully saturated rings. The average Bonchev–Trinajstić information content (AvgIpc) is 3.02. The second-order valence-corrected chi connectivity index (χ2v) is 17.7. The minimum atomic E-state index is -1.54. The van der Waals surface area contributed by atoms with E-state index in [-0.39, 0.29) is 47.2 Å². The van der Waals surface area contributed by atoms with Gasteiger partial charge in [0, 0.05) is 5.41 Å². The molecule has 4 saturated carbocycles. The highest BCUT2D eigenvalue weighted by Gasteiger charge is 2.70. The Bertz CT molecular complexity index is 1260. The summed E-state index contributed by atoms with van der Waals surface area (Å²) in [4.78, 5) is 13.2. The van der Waals surface area contributed by atoms with E-state index in [1.165, 1.54) is 5.57 Å². The predicted octanol–water partition coefficient (Wildman–Crippen LogP) is 1.97. The van der Waals surface area contributed by atoms with E-state index in [1.807, 2.05) is 6.92 Å². The van der Waals surface area contributed by atoms with Gasteiger partial charge in [0.1, 0.15) is 24.4 Å². The second-order valence-electron chi connectivity index (χ2n) is 17.7. The summed E-state index contributed by atoms with van der Waals surface area (Å²) in [6.45, 7) is 10.3. The van der Waals surface area contributed by atoms with E-state index in [0.717, 1.165) is 25.7 Å². The molecule has 6 aliphatic rings. The third kappa shape index (κ3) is 4.88. The first-order valence-electron chi connectivity index (χ1n) is 17.7. The number of allylic oxidation sites excluding steroid dienone is 2. The number of rotatable bonds is 6. The van der Waals surface area contributed by atoms with E-state index in [2.05, 4.69) is 33.8 Å². The molecule has 8 N–H and O–H groups in total. The van der Waals surface area contributed by atoms with Crippen molar-refractivity contribution in [2.75, 3.05) is 19.8 Å². The summed E-state index contributed by atoms with van der Waals surface area (Å²) in [5.74, 6) is -0.791. The molecule has 0 aromatic carbocycles. The highest BCUT2D eigenvalue weighted by atomic mass is 16.7. The first kappa shape index (κ1) is 35.7. The monoisotopic (exact) mass is 666 g/mol. The number of hydrogen-bond donors (Lipinski definition) is 8. The quantitative estimate of drug-likeness (QED) is 0.193. The van der Waals surface area contributed by atoms with E-state index in [0.29, 0.717) is 32.1 Å². The number of ether oxygens (including phenoxy) is 2. The van der Waals surface area contributed by atoms with Crippen LogP contribution in [0.15, 0.2) is 11.6 Å². The highest BCUT2D eigenvalue weighted by molar-refractivity contribution is 5.76. The van der Waals surface area contributed by atoms with Gasteiger partial charge in [-0.25, -0.2) is 0 Å². The lowest BCUT2D eigenvalue weighted by molar-refractivity contribution is -0.307. The first-order chi connectivity index (χ1) is 21.9. The molecule has 16 unspecified atom stereocenters. The van der Waals surface area contributed by atoms with Crippen molar-refractivity contribution in [3.05, 3.63) is 11.6 Å². The lowest BCUT2D eigenvalue weighted by atomic mass is 9.33. The third-order valence-electron chi connectivity index (χ3n) is 15.5. The average molecular weight is 667 g/mol. The molecule has 1 saturated heterocycles. The summed E-state index contributed by atoms with van der Waals surface area (Å²) in [6, 6.07) is 0. The van der Waals surface area contributed by atoms with Gasteiger partial charge in [-0.3, -0.25) is 4.79 Å². The van der Waals surface area contributed by atoms with Crippen molar-refractivity contribution in [2.45, 2.75) is 135 Å². The molecule has 11 nitrogen and oxygen atoms in total. The normalized spacial score (nSPS) is 56.0. The zero-order valence-corrected chi connectivity index (χ0v) is 28.6. The van der Waals surface area contributed by atoms with Gasteiger partial charge in [0.05, 0.1) is 37.4 Å². The molecule has 47 heavy (non-hydrogen) atoms. The van der Waals surface area contributed by atoms with Crippen LogP contribution in [0.5, 0.6) is 0 Å². The van der Waals surface area contributed by atoms with Crippen LogP contribution in [-0.4, -0.2) is 110 Å². The zero-order valence-electron chi connectivity index (χ0n) is 28.6. The van der Waals surface area contributed by atoms with Crippen LogP contribution >= 0.6 is 0 Å². The predicted molar refractivity (Wildman–Crippen MR) is 170 cm³/mol. The molecule has 16 atom stereocenters. The summed E-state index contributed by atoms with van der Waals surface area (Å²) >= 11 is 0. The first-order valence-corrected chi connectivity index (χ1v) is 17.7. The molecule has 0 amide bonds. The van der Waals surface area contributed by atoms with E-state index >= 15 is 0 Å². The van der Waals surface area contributed by atoms with Crippen molar-refractivity contribution >= 4 is 5.97 Å². The lowest BCUT2D eigenvalue weighted by Gasteiger charge is -2.71. The Kier molecular flexibility index (Phi) is 8.88. The molecule has 0 bridgehead atoms. The number of fused-ring (bicyclic) bond motifs is 7. The number of hydrogen-bond acceptors (Lipinski definition) is 10. The Morgan fingerprint density at radius 2 is 1.57 bits per heavy atom. The Morgan fingerprint density at radius 1 is 0.894 bits per heavy atom. The van der Waals surface area contributed by atoms with Gasteiger partial charge in [0.2, 0.25) is 0 Å². The maximum Gasteiger partial charge on any atom is 0.310 e. The Labute approximate surface area is 278 Å². The molecule has 0 aromatic heterocycles. The minimum Gasteiger partial charge on any atom is -0.481 e. The Hall–Kier alpha value is -1.15. The van der Waals surface area contributed by atoms with Crippen molar-refractivity contribution in [3.63, 3.8) is 0 Å². The summed E-state index contributed by atoms with van der Waals surface area (Å²) in [5, 5.41) is 84.2. The molecule has 0 spiro atoms. The molecular weight excluding hydrogens is 608 g/mol. The van der Waals surface area contributed by atoms with Crippen molar-refractivity contribution in [2.24, 2.45) is 50.2 Å². The van der Waals surface area contributed by atoms with Crippen LogP contribution in [-0.2, 0) is 14.3 Å². The molecule has 0 radical (unpaired) electrons. The molecule has 1 heterocycles. The number of carbonyl (C=O) groups is 1. The maximum atomic E-state index is 13.2. The van der Waals surface area contributed by atoms with Crippen molar-refractivity contribution in [1.29, 1.82) is 0 Å². The maximum absolute atomic E-state index is 13.2. The number of carboxylic acids is 1. The van der Waals surface area contributed by atoms with Gasteiger partial charge >= 0.3 is 5.97 Å². The Balaban J connectivity index is 1.31. The molecule has 6 rings (SSSR count). The van der Waals surface area contributed by atoms with Crippen LogP contribution in [0.2, 0.25) is 0 Å². The van der Waals surface area contributed by atoms with Crippen LogP contribution in [0.4, 0.5) is 0 Å². The van der Waals surface area contributed by atoms with E-state index < -0.39 is 71.7 Å². The molecule has 268 valence electrons. The SMILES string of the molecule is CC1(COC2OC(CO)C(O)C(O)C2O)CCC2(C(=O)O)CCC3(C)C(=CCC4C5(C)CC(O)C(O)C(C)(CO)C5CCC43C)C2C1. The van der Waals surface area contributed by atoms with Gasteiger partial charge in [-0.05, 0) is 97.2 Å². The molecule has 11 heteroatoms. The topological polar surface area (TPSA) is 197 Å². The zero-order chi connectivity index (χ0) is 34.5. The van der Waals surface area contributed by atoms with Gasteiger partial charge in [0.25, 0.3) is 0 Å². The summed E-state index contributed by atoms with van der Waals surface area (Å²) in [6.07, 6.45) is -0.608. The van der Waals surface area contributed by atoms with Gasteiger partial charge in [-0.15, -0.1) is 0 Å². The summed E-state index contributed by atoms with van der Waals surface area (Å²) in [5.41, 5.74) is -1.78. The lowest BCUT2D eigenvalue weighted by Crippen LogP contribution is -2.68. The van der Waals surface area contributed by atoms with Crippen LogP contribution in [0.25, 0.3) is 0 Å². The fourth-order valence-corrected chi connectivity index (χ4v) is 12.3. The van der Waals surface area contributed by atoms with Crippen LogP contribution in [0, 0.1) is 50.2 Å². The van der Waals surface area contributed by atoms with Crippen LogP contribution < -0.4 is 0 Å². The van der Waals surface area contributed by atoms with E-state index in [4.69, 9.17) is 9.47 Å². The largest absolute Gasteiger partial charge is 0.481 e. The Morgan fingerprint density at radius 3 is 2.21 bits per heavy atom. The van der Waals surface area contributed by atoms with Crippen molar-refractivity contribution in [3.8, 4) is 0 Å². The summed E-state index contributed by atoms with van der Waals surface area (Å²) in [7, 11) is 0. The molecular formula is C36H58O11. The van der Waals surface area contributed by atoms with Crippen LogP contribution in [0.1, 0.15) is 92.4 Å². The number of aliphatic hydroxyl groups is 7. The number of aliphatic carboxylic acids is 1. The minimum absolute atomic E-state index is 0.0364. The number of aliphatic hydroxyl groups excluding tert-OH is 7. The molecule has 1 aliphatic heterocycles. The van der Waals surface area contributed by atoms with Gasteiger partial charge < -0.3 is 50.3 Å². The second kappa shape index (κ2) is 11.7. The fraction of sp³-hybridized carbons (Fsp3) is 0.917. The molecule has 0 aromatic rings.